The summed E-state index contributed by atoms with van der Waals surface area (Å²) in [6.07, 6.45) is 3.12. The van der Waals surface area contributed by atoms with Gasteiger partial charge < -0.3 is 14.8 Å². The summed E-state index contributed by atoms with van der Waals surface area (Å²) < 4.78 is 10.8. The van der Waals surface area contributed by atoms with Crippen LogP contribution in [0.15, 0.2) is 60.7 Å². The van der Waals surface area contributed by atoms with Gasteiger partial charge in [-0.05, 0) is 96.7 Å². The van der Waals surface area contributed by atoms with Gasteiger partial charge >= 0.3 is 5.97 Å². The molecule has 0 aliphatic rings. The fourth-order valence-corrected chi connectivity index (χ4v) is 4.41. The molecule has 1 amide bonds. The summed E-state index contributed by atoms with van der Waals surface area (Å²) in [7, 11) is 1.34. The minimum absolute atomic E-state index is 0.163. The van der Waals surface area contributed by atoms with Crippen molar-refractivity contribution in [2.75, 3.05) is 20.3 Å². The monoisotopic (exact) mass is 501 g/mol. The first-order valence-corrected chi connectivity index (χ1v) is 13.1. The third-order valence-corrected chi connectivity index (χ3v) is 6.68. The smallest absolute Gasteiger partial charge is 0.307 e. The van der Waals surface area contributed by atoms with Gasteiger partial charge in [-0.3, -0.25) is 9.59 Å². The number of rotatable bonds is 12. The summed E-state index contributed by atoms with van der Waals surface area (Å²) in [5, 5.41) is 2.73. The average molecular weight is 502 g/mol. The second kappa shape index (κ2) is 13.6. The van der Waals surface area contributed by atoms with Crippen LogP contribution in [0.1, 0.15) is 59.3 Å². The maximum atomic E-state index is 12.2. The predicted molar refractivity (Wildman–Crippen MR) is 149 cm³/mol. The maximum Gasteiger partial charge on any atom is 0.307 e. The van der Waals surface area contributed by atoms with E-state index in [1.807, 2.05) is 24.3 Å². The second-order valence-corrected chi connectivity index (χ2v) is 9.72. The molecule has 0 aliphatic carbocycles. The number of esters is 1. The number of ether oxygens (including phenoxy) is 2. The fourth-order valence-electron chi connectivity index (χ4n) is 4.41. The number of nitrogens with one attached hydrogen (secondary N) is 1. The van der Waals surface area contributed by atoms with Crippen molar-refractivity contribution in [1.82, 2.24) is 5.32 Å². The minimum Gasteiger partial charge on any atom is -0.493 e. The third-order valence-electron chi connectivity index (χ3n) is 6.68. The predicted octanol–water partition coefficient (Wildman–Crippen LogP) is 6.47. The number of hydrogen-bond acceptors (Lipinski definition) is 4. The van der Waals surface area contributed by atoms with E-state index in [4.69, 9.17) is 4.74 Å². The van der Waals surface area contributed by atoms with Crippen molar-refractivity contribution in [3.05, 3.63) is 88.5 Å². The molecule has 0 heterocycles. The van der Waals surface area contributed by atoms with Crippen LogP contribution < -0.4 is 10.1 Å². The van der Waals surface area contributed by atoms with Crippen molar-refractivity contribution in [2.24, 2.45) is 5.92 Å². The van der Waals surface area contributed by atoms with E-state index in [-0.39, 0.29) is 24.8 Å². The van der Waals surface area contributed by atoms with E-state index in [9.17, 15) is 9.59 Å². The zero-order valence-corrected chi connectivity index (χ0v) is 22.7. The van der Waals surface area contributed by atoms with Crippen LogP contribution in [0.2, 0.25) is 0 Å². The van der Waals surface area contributed by atoms with Crippen LogP contribution in [-0.4, -0.2) is 32.1 Å². The Balaban J connectivity index is 1.48. The van der Waals surface area contributed by atoms with Gasteiger partial charge in [-0.15, -0.1) is 0 Å². The lowest BCUT2D eigenvalue weighted by Crippen LogP contribution is -2.26. The highest BCUT2D eigenvalue weighted by Gasteiger charge is 2.11. The van der Waals surface area contributed by atoms with E-state index in [1.165, 1.54) is 40.5 Å². The van der Waals surface area contributed by atoms with Crippen LogP contribution in [0.3, 0.4) is 0 Å². The number of aryl methyl sites for hydroxylation is 4. The zero-order valence-electron chi connectivity index (χ0n) is 22.7. The molecule has 0 spiro atoms. The molecule has 196 valence electrons. The van der Waals surface area contributed by atoms with Gasteiger partial charge in [0.05, 0.1) is 20.1 Å². The van der Waals surface area contributed by atoms with E-state index < -0.39 is 0 Å². The van der Waals surface area contributed by atoms with Gasteiger partial charge in [0, 0.05) is 12.1 Å². The molecule has 0 saturated carbocycles. The van der Waals surface area contributed by atoms with Crippen LogP contribution >= 0.6 is 0 Å². The van der Waals surface area contributed by atoms with Crippen molar-refractivity contribution in [1.29, 1.82) is 0 Å². The highest BCUT2D eigenvalue weighted by atomic mass is 16.5. The number of carbonyl (C=O) groups is 2. The Morgan fingerprint density at radius 1 is 0.919 bits per heavy atom. The van der Waals surface area contributed by atoms with Crippen molar-refractivity contribution in [3.63, 3.8) is 0 Å². The molecule has 5 nitrogen and oxygen atoms in total. The lowest BCUT2D eigenvalue weighted by molar-refractivity contribution is -0.140. The summed E-state index contributed by atoms with van der Waals surface area (Å²) in [6, 6.07) is 20.7. The first-order chi connectivity index (χ1) is 17.8. The number of hydrogen-bond donors (Lipinski definition) is 1. The first-order valence-electron chi connectivity index (χ1n) is 13.1. The standard InChI is InChI=1S/C32H39NO4/c1-6-25-9-13-27(14-10-25)31-23(3)19-29(20-24(31)4)37-21-22(2)7-8-26-11-15-28(16-12-26)32(35)33-18-17-30(34)36-5/h9-16,19-20,22H,6-8,17-18,21H2,1-5H3,(H,33,35). The van der Waals surface area contributed by atoms with Crippen molar-refractivity contribution in [2.45, 2.75) is 53.4 Å². The third kappa shape index (κ3) is 8.21. The molecule has 3 aromatic carbocycles. The quantitative estimate of drug-likeness (QED) is 0.289. The molecule has 5 heteroatoms. The van der Waals surface area contributed by atoms with Gasteiger partial charge in [-0.2, -0.15) is 0 Å². The summed E-state index contributed by atoms with van der Waals surface area (Å²) in [4.78, 5) is 23.4. The number of carbonyl (C=O) groups excluding carboxylic acids is 2. The Bertz CT molecular complexity index is 1160. The highest BCUT2D eigenvalue weighted by molar-refractivity contribution is 5.94. The Morgan fingerprint density at radius 2 is 1.54 bits per heavy atom. The molecule has 3 rings (SSSR count). The number of amides is 1. The van der Waals surface area contributed by atoms with Crippen LogP contribution in [0, 0.1) is 19.8 Å². The molecule has 37 heavy (non-hydrogen) atoms. The number of methoxy groups -OCH3 is 1. The summed E-state index contributed by atoms with van der Waals surface area (Å²) in [6.45, 7) is 9.59. The van der Waals surface area contributed by atoms with Crippen molar-refractivity contribution < 1.29 is 19.1 Å². The topological polar surface area (TPSA) is 64.6 Å². The van der Waals surface area contributed by atoms with E-state index in [1.54, 1.807) is 0 Å². The molecule has 0 aromatic heterocycles. The van der Waals surface area contributed by atoms with Crippen LogP contribution in [0.25, 0.3) is 11.1 Å². The highest BCUT2D eigenvalue weighted by Crippen LogP contribution is 2.31. The average Bonchev–Trinajstić information content (AvgIpc) is 2.90. The van der Waals surface area contributed by atoms with Gasteiger partial charge in [0.15, 0.2) is 0 Å². The summed E-state index contributed by atoms with van der Waals surface area (Å²) >= 11 is 0. The van der Waals surface area contributed by atoms with Crippen LogP contribution in [0.4, 0.5) is 0 Å². The fraction of sp³-hybridized carbons (Fsp3) is 0.375. The molecule has 1 atom stereocenters. The molecule has 0 bridgehead atoms. The lowest BCUT2D eigenvalue weighted by Gasteiger charge is -2.17. The molecular weight excluding hydrogens is 462 g/mol. The van der Waals surface area contributed by atoms with E-state index in [2.05, 4.69) is 74.1 Å². The summed E-state index contributed by atoms with van der Waals surface area (Å²) in [5.41, 5.74) is 8.09. The summed E-state index contributed by atoms with van der Waals surface area (Å²) in [5.74, 6) is 0.780. The van der Waals surface area contributed by atoms with Gasteiger partial charge in [0.2, 0.25) is 0 Å². The minimum atomic E-state index is -0.339. The van der Waals surface area contributed by atoms with E-state index in [0.717, 1.165) is 25.0 Å². The zero-order chi connectivity index (χ0) is 26.8. The molecule has 0 radical (unpaired) electrons. The van der Waals surface area contributed by atoms with Gasteiger partial charge in [0.25, 0.3) is 5.91 Å². The molecule has 3 aromatic rings. The second-order valence-electron chi connectivity index (χ2n) is 9.72. The Hall–Kier alpha value is -3.60. The van der Waals surface area contributed by atoms with Gasteiger partial charge in [-0.1, -0.05) is 50.2 Å². The van der Waals surface area contributed by atoms with Gasteiger partial charge in [-0.25, -0.2) is 0 Å². The van der Waals surface area contributed by atoms with Crippen molar-refractivity contribution in [3.8, 4) is 16.9 Å². The molecular formula is C32H39NO4. The maximum absolute atomic E-state index is 12.2. The molecule has 0 aliphatic heterocycles. The number of benzene rings is 3. The largest absolute Gasteiger partial charge is 0.493 e. The Labute approximate surface area is 221 Å². The first kappa shape index (κ1) is 28.0. The van der Waals surface area contributed by atoms with Crippen LogP contribution in [0.5, 0.6) is 5.75 Å². The SMILES string of the molecule is CCc1ccc(-c2c(C)cc(OCC(C)CCc3ccc(C(=O)NCCC(=O)OC)cc3)cc2C)cc1. The van der Waals surface area contributed by atoms with Crippen LogP contribution in [-0.2, 0) is 22.4 Å². The normalized spacial score (nSPS) is 11.6. The molecule has 0 fully saturated rings. The van der Waals surface area contributed by atoms with Crippen molar-refractivity contribution >= 4 is 11.9 Å². The Morgan fingerprint density at radius 3 is 2.14 bits per heavy atom. The van der Waals surface area contributed by atoms with E-state index in [0.29, 0.717) is 18.1 Å². The Kier molecular flexibility index (Phi) is 10.3. The molecule has 1 unspecified atom stereocenters. The lowest BCUT2D eigenvalue weighted by atomic mass is 9.94. The van der Waals surface area contributed by atoms with E-state index >= 15 is 0 Å². The molecule has 1 N–H and O–H groups in total. The molecule has 0 saturated heterocycles. The van der Waals surface area contributed by atoms with Gasteiger partial charge in [0.1, 0.15) is 5.75 Å².